The van der Waals surface area contributed by atoms with Crippen molar-refractivity contribution in [3.8, 4) is 0 Å². The van der Waals surface area contributed by atoms with Crippen LogP contribution in [0.3, 0.4) is 0 Å². The van der Waals surface area contributed by atoms with Crippen LogP contribution in [0.1, 0.15) is 37.7 Å². The quantitative estimate of drug-likeness (QED) is 0.812. The molecule has 0 saturated carbocycles. The van der Waals surface area contributed by atoms with E-state index in [1.807, 2.05) is 0 Å². The van der Waals surface area contributed by atoms with E-state index < -0.39 is 0 Å². The number of hydrogen-bond acceptors (Lipinski definition) is 2. The van der Waals surface area contributed by atoms with Crippen molar-refractivity contribution in [2.24, 2.45) is 5.41 Å². The Morgan fingerprint density at radius 1 is 1.26 bits per heavy atom. The van der Waals surface area contributed by atoms with Gasteiger partial charge in [0, 0.05) is 22.2 Å². The third-order valence-electron chi connectivity index (χ3n) is 5.05. The molecule has 1 nitrogen and oxygen atoms in total. The van der Waals surface area contributed by atoms with Crippen LogP contribution in [0.15, 0.2) is 28.7 Å². The molecule has 0 radical (unpaired) electrons. The molecule has 0 bridgehead atoms. The van der Waals surface area contributed by atoms with Gasteiger partial charge < -0.3 is 5.32 Å². The summed E-state index contributed by atoms with van der Waals surface area (Å²) in [7, 11) is 0. The maximum absolute atomic E-state index is 3.62. The molecule has 19 heavy (non-hydrogen) atoms. The zero-order valence-corrected chi connectivity index (χ0v) is 13.9. The van der Waals surface area contributed by atoms with Crippen molar-refractivity contribution < 1.29 is 0 Å². The second kappa shape index (κ2) is 5.79. The average Bonchev–Trinajstić information content (AvgIpc) is 2.44. The molecule has 2 heterocycles. The molecular formula is C16H22BrNS. The van der Waals surface area contributed by atoms with Crippen molar-refractivity contribution in [3.05, 3.63) is 34.3 Å². The molecule has 2 fully saturated rings. The fourth-order valence-electron chi connectivity index (χ4n) is 3.91. The van der Waals surface area contributed by atoms with Crippen LogP contribution in [0, 0.1) is 5.41 Å². The Hall–Kier alpha value is 0.01000. The zero-order valence-electron chi connectivity index (χ0n) is 11.5. The Morgan fingerprint density at radius 2 is 2.05 bits per heavy atom. The molecule has 0 amide bonds. The van der Waals surface area contributed by atoms with Crippen molar-refractivity contribution in [1.29, 1.82) is 0 Å². The van der Waals surface area contributed by atoms with Crippen molar-refractivity contribution in [3.63, 3.8) is 0 Å². The van der Waals surface area contributed by atoms with E-state index in [0.717, 1.165) is 11.8 Å². The van der Waals surface area contributed by atoms with Crippen molar-refractivity contribution in [2.45, 2.75) is 37.4 Å². The van der Waals surface area contributed by atoms with Crippen LogP contribution >= 0.6 is 27.7 Å². The van der Waals surface area contributed by atoms with E-state index in [9.17, 15) is 0 Å². The molecular weight excluding hydrogens is 318 g/mol. The van der Waals surface area contributed by atoms with Crippen LogP contribution in [0.4, 0.5) is 0 Å². The number of halogens is 1. The van der Waals surface area contributed by atoms with E-state index in [0.29, 0.717) is 11.3 Å². The van der Waals surface area contributed by atoms with Gasteiger partial charge in [0.05, 0.1) is 0 Å². The number of hydrogen-bond donors (Lipinski definition) is 1. The summed E-state index contributed by atoms with van der Waals surface area (Å²) in [5, 5.41) is 4.41. The van der Waals surface area contributed by atoms with Gasteiger partial charge in [-0.05, 0) is 54.7 Å². The maximum Gasteiger partial charge on any atom is 0.0175 e. The SMILES string of the molecule is CC1SCCCC12CCNCC2c1ccc(Br)cc1. The predicted molar refractivity (Wildman–Crippen MR) is 88.0 cm³/mol. The molecule has 3 atom stereocenters. The van der Waals surface area contributed by atoms with Crippen LogP contribution in [0.5, 0.6) is 0 Å². The number of thioether (sulfide) groups is 1. The van der Waals surface area contributed by atoms with Gasteiger partial charge in [-0.25, -0.2) is 0 Å². The smallest absolute Gasteiger partial charge is 0.0175 e. The Morgan fingerprint density at radius 3 is 2.79 bits per heavy atom. The normalized spacial score (nSPS) is 35.5. The number of benzene rings is 1. The first kappa shape index (κ1) is 14.0. The average molecular weight is 340 g/mol. The Bertz CT molecular complexity index is 427. The lowest BCUT2D eigenvalue weighted by atomic mass is 9.63. The largest absolute Gasteiger partial charge is 0.316 e. The fraction of sp³-hybridized carbons (Fsp3) is 0.625. The van der Waals surface area contributed by atoms with Crippen LogP contribution < -0.4 is 5.32 Å². The zero-order chi connectivity index (χ0) is 13.3. The van der Waals surface area contributed by atoms with Crippen LogP contribution in [-0.4, -0.2) is 24.1 Å². The highest BCUT2D eigenvalue weighted by Gasteiger charge is 2.46. The van der Waals surface area contributed by atoms with Crippen molar-refractivity contribution >= 4 is 27.7 Å². The van der Waals surface area contributed by atoms with Gasteiger partial charge in [-0.1, -0.05) is 35.0 Å². The predicted octanol–water partition coefficient (Wildman–Crippen LogP) is 4.43. The second-order valence-electron chi connectivity index (χ2n) is 5.91. The lowest BCUT2D eigenvalue weighted by Gasteiger charge is -2.51. The molecule has 0 aromatic heterocycles. The van der Waals surface area contributed by atoms with Crippen molar-refractivity contribution in [2.75, 3.05) is 18.8 Å². The van der Waals surface area contributed by atoms with Crippen LogP contribution in [0.25, 0.3) is 0 Å². The molecule has 1 spiro atoms. The van der Waals surface area contributed by atoms with Gasteiger partial charge in [-0.2, -0.15) is 11.8 Å². The second-order valence-corrected chi connectivity index (χ2v) is 8.27. The van der Waals surface area contributed by atoms with Gasteiger partial charge in [0.1, 0.15) is 0 Å². The number of nitrogens with one attached hydrogen (secondary N) is 1. The molecule has 3 heteroatoms. The maximum atomic E-state index is 3.62. The van der Waals surface area contributed by atoms with E-state index in [1.165, 1.54) is 41.6 Å². The van der Waals surface area contributed by atoms with Crippen LogP contribution in [0.2, 0.25) is 0 Å². The summed E-state index contributed by atoms with van der Waals surface area (Å²) >= 11 is 5.74. The highest BCUT2D eigenvalue weighted by Crippen LogP contribution is 2.53. The molecule has 1 aromatic rings. The van der Waals surface area contributed by atoms with Crippen LogP contribution in [-0.2, 0) is 0 Å². The number of rotatable bonds is 1. The first-order valence-corrected chi connectivity index (χ1v) is 9.14. The highest BCUT2D eigenvalue weighted by molar-refractivity contribution is 9.10. The van der Waals surface area contributed by atoms with Crippen molar-refractivity contribution in [1.82, 2.24) is 5.32 Å². The first-order chi connectivity index (χ1) is 9.22. The highest BCUT2D eigenvalue weighted by atomic mass is 79.9. The van der Waals surface area contributed by atoms with Gasteiger partial charge in [0.25, 0.3) is 0 Å². The van der Waals surface area contributed by atoms with E-state index in [4.69, 9.17) is 0 Å². The van der Waals surface area contributed by atoms with E-state index in [2.05, 4.69) is 64.2 Å². The minimum Gasteiger partial charge on any atom is -0.316 e. The topological polar surface area (TPSA) is 12.0 Å². The van der Waals surface area contributed by atoms with Gasteiger partial charge in [-0.3, -0.25) is 0 Å². The molecule has 1 aromatic carbocycles. The summed E-state index contributed by atoms with van der Waals surface area (Å²) < 4.78 is 1.18. The fourth-order valence-corrected chi connectivity index (χ4v) is 5.57. The summed E-state index contributed by atoms with van der Waals surface area (Å²) in [5.74, 6) is 2.03. The lowest BCUT2D eigenvalue weighted by Crippen LogP contribution is -2.49. The minimum atomic E-state index is 0.516. The van der Waals surface area contributed by atoms with E-state index in [-0.39, 0.29) is 0 Å². The summed E-state index contributed by atoms with van der Waals surface area (Å²) in [6, 6.07) is 9.02. The lowest BCUT2D eigenvalue weighted by molar-refractivity contribution is 0.142. The first-order valence-electron chi connectivity index (χ1n) is 7.30. The van der Waals surface area contributed by atoms with E-state index in [1.54, 1.807) is 0 Å². The minimum absolute atomic E-state index is 0.516. The Labute approximate surface area is 129 Å². The van der Waals surface area contributed by atoms with E-state index >= 15 is 0 Å². The van der Waals surface area contributed by atoms with Gasteiger partial charge in [-0.15, -0.1) is 0 Å². The molecule has 1 N–H and O–H groups in total. The molecule has 2 aliphatic rings. The Balaban J connectivity index is 1.94. The summed E-state index contributed by atoms with van der Waals surface area (Å²) in [6.07, 6.45) is 4.13. The molecule has 2 saturated heterocycles. The summed E-state index contributed by atoms with van der Waals surface area (Å²) in [5.41, 5.74) is 2.03. The molecule has 3 unspecified atom stereocenters. The molecule has 2 aliphatic heterocycles. The summed E-state index contributed by atoms with van der Waals surface area (Å²) in [4.78, 5) is 0. The standard InChI is InChI=1S/C16H22BrNS/c1-12-16(7-2-10-19-12)8-9-18-11-15(16)13-3-5-14(17)6-4-13/h3-6,12,15,18H,2,7-11H2,1H3. The number of piperidine rings is 1. The van der Waals surface area contributed by atoms with Gasteiger partial charge >= 0.3 is 0 Å². The summed E-state index contributed by atoms with van der Waals surface area (Å²) in [6.45, 7) is 4.80. The van der Waals surface area contributed by atoms with Gasteiger partial charge in [0.15, 0.2) is 0 Å². The molecule has 0 aliphatic carbocycles. The third-order valence-corrected chi connectivity index (χ3v) is 7.07. The monoisotopic (exact) mass is 339 g/mol. The van der Waals surface area contributed by atoms with Gasteiger partial charge in [0.2, 0.25) is 0 Å². The molecule has 3 rings (SSSR count). The third kappa shape index (κ3) is 2.62. The Kier molecular flexibility index (Phi) is 4.25. The molecule has 104 valence electrons.